The van der Waals surface area contributed by atoms with Gasteiger partial charge in [0, 0.05) is 13.1 Å². The summed E-state index contributed by atoms with van der Waals surface area (Å²) in [4.78, 5) is 25.2. The second kappa shape index (κ2) is 7.81. The van der Waals surface area contributed by atoms with Crippen LogP contribution in [0.5, 0.6) is 5.75 Å². The lowest BCUT2D eigenvalue weighted by Gasteiger charge is -2.21. The number of rotatable bonds is 6. The number of carbonyl (C=O) groups excluding carboxylic acids is 2. The average molecular weight is 339 g/mol. The summed E-state index contributed by atoms with van der Waals surface area (Å²) in [5, 5.41) is 5.91. The molecular weight excluding hydrogens is 318 g/mol. The predicted molar refractivity (Wildman–Crippen MR) is 94.4 cm³/mol. The number of hydrogen-bond donors (Lipinski definition) is 2. The Labute approximate surface area is 146 Å². The van der Waals surface area contributed by atoms with Crippen LogP contribution in [-0.4, -0.2) is 43.6 Å². The van der Waals surface area contributed by atoms with Crippen molar-refractivity contribution in [3.05, 3.63) is 65.7 Å². The molecule has 1 atom stereocenters. The van der Waals surface area contributed by atoms with Gasteiger partial charge in [0.2, 0.25) is 5.91 Å². The van der Waals surface area contributed by atoms with Crippen LogP contribution in [0.4, 0.5) is 4.79 Å². The molecular formula is C19H21N3O3. The highest BCUT2D eigenvalue weighted by molar-refractivity contribution is 5.96. The summed E-state index contributed by atoms with van der Waals surface area (Å²) in [6.07, 6.45) is 0. The number of amides is 3. The zero-order valence-electron chi connectivity index (χ0n) is 14.1. The standard InChI is InChI=1S/C19H21N3O3/c1-25-16-9-7-15(8-10-16)18(14-5-3-2-4-6-14)21-13-17(23)22-12-11-20-19(22)24/h2-10,18,21H,11-13H2,1H3,(H,20,24)/t18-/m0/s1. The Hall–Kier alpha value is -2.86. The van der Waals surface area contributed by atoms with E-state index in [0.717, 1.165) is 16.9 Å². The van der Waals surface area contributed by atoms with Crippen molar-refractivity contribution in [2.75, 3.05) is 26.7 Å². The normalized spacial score (nSPS) is 14.9. The number of imide groups is 1. The third-order valence-corrected chi connectivity index (χ3v) is 4.20. The minimum atomic E-state index is -0.326. The van der Waals surface area contributed by atoms with Crippen molar-refractivity contribution in [2.45, 2.75) is 6.04 Å². The summed E-state index contributed by atoms with van der Waals surface area (Å²) < 4.78 is 5.21. The van der Waals surface area contributed by atoms with E-state index < -0.39 is 0 Å². The molecule has 3 amide bonds. The maximum atomic E-state index is 12.3. The zero-order chi connectivity index (χ0) is 17.6. The molecule has 3 rings (SSSR count). The Balaban J connectivity index is 1.77. The van der Waals surface area contributed by atoms with Gasteiger partial charge in [0.1, 0.15) is 5.75 Å². The van der Waals surface area contributed by atoms with Crippen LogP contribution in [0.2, 0.25) is 0 Å². The van der Waals surface area contributed by atoms with Crippen molar-refractivity contribution in [2.24, 2.45) is 0 Å². The van der Waals surface area contributed by atoms with Crippen LogP contribution < -0.4 is 15.4 Å². The molecule has 6 heteroatoms. The number of methoxy groups -OCH3 is 1. The first-order valence-corrected chi connectivity index (χ1v) is 8.19. The first-order chi connectivity index (χ1) is 12.2. The van der Waals surface area contributed by atoms with E-state index in [1.54, 1.807) is 7.11 Å². The van der Waals surface area contributed by atoms with Crippen LogP contribution in [0.3, 0.4) is 0 Å². The van der Waals surface area contributed by atoms with Crippen molar-refractivity contribution >= 4 is 11.9 Å². The average Bonchev–Trinajstić information content (AvgIpc) is 3.09. The van der Waals surface area contributed by atoms with Crippen molar-refractivity contribution in [3.8, 4) is 5.75 Å². The van der Waals surface area contributed by atoms with Gasteiger partial charge in [-0.05, 0) is 23.3 Å². The van der Waals surface area contributed by atoms with Gasteiger partial charge >= 0.3 is 6.03 Å². The summed E-state index contributed by atoms with van der Waals surface area (Å²) in [5.41, 5.74) is 2.07. The number of nitrogens with one attached hydrogen (secondary N) is 2. The topological polar surface area (TPSA) is 70.7 Å². The Morgan fingerprint density at radius 1 is 1.16 bits per heavy atom. The molecule has 130 valence electrons. The maximum absolute atomic E-state index is 12.3. The molecule has 1 fully saturated rings. The summed E-state index contributed by atoms with van der Waals surface area (Å²) in [6.45, 7) is 1.00. The molecule has 0 bridgehead atoms. The molecule has 0 radical (unpaired) electrons. The van der Waals surface area contributed by atoms with E-state index in [4.69, 9.17) is 4.74 Å². The first kappa shape index (κ1) is 17.0. The van der Waals surface area contributed by atoms with Gasteiger partial charge in [-0.1, -0.05) is 42.5 Å². The molecule has 1 heterocycles. The number of benzene rings is 2. The maximum Gasteiger partial charge on any atom is 0.324 e. The first-order valence-electron chi connectivity index (χ1n) is 8.19. The molecule has 25 heavy (non-hydrogen) atoms. The fourth-order valence-corrected chi connectivity index (χ4v) is 2.86. The molecule has 0 unspecified atom stereocenters. The summed E-state index contributed by atoms with van der Waals surface area (Å²) >= 11 is 0. The van der Waals surface area contributed by atoms with E-state index >= 15 is 0 Å². The van der Waals surface area contributed by atoms with Gasteiger partial charge in [-0.15, -0.1) is 0 Å². The lowest BCUT2D eigenvalue weighted by molar-refractivity contribution is -0.126. The summed E-state index contributed by atoms with van der Waals surface area (Å²) in [5.74, 6) is 0.546. The predicted octanol–water partition coefficient (Wildman–Crippen LogP) is 1.93. The Morgan fingerprint density at radius 3 is 2.44 bits per heavy atom. The smallest absolute Gasteiger partial charge is 0.324 e. The third-order valence-electron chi connectivity index (χ3n) is 4.20. The Bertz CT molecular complexity index is 731. The Morgan fingerprint density at radius 2 is 1.84 bits per heavy atom. The van der Waals surface area contributed by atoms with Gasteiger partial charge in [-0.2, -0.15) is 0 Å². The number of hydrogen-bond acceptors (Lipinski definition) is 4. The minimum Gasteiger partial charge on any atom is -0.497 e. The number of urea groups is 1. The summed E-state index contributed by atoms with van der Waals surface area (Å²) in [7, 11) is 1.63. The van der Waals surface area contributed by atoms with Crippen LogP contribution in [0.1, 0.15) is 17.2 Å². The molecule has 0 saturated carbocycles. The number of ether oxygens (including phenoxy) is 1. The second-order valence-corrected chi connectivity index (χ2v) is 5.78. The van der Waals surface area contributed by atoms with E-state index in [2.05, 4.69) is 10.6 Å². The van der Waals surface area contributed by atoms with Gasteiger partial charge < -0.3 is 10.1 Å². The summed E-state index contributed by atoms with van der Waals surface area (Å²) in [6, 6.07) is 17.1. The van der Waals surface area contributed by atoms with Gasteiger partial charge in [0.25, 0.3) is 0 Å². The van der Waals surface area contributed by atoms with E-state index in [1.807, 2.05) is 54.6 Å². The van der Waals surface area contributed by atoms with Crippen molar-refractivity contribution in [1.82, 2.24) is 15.5 Å². The molecule has 0 aromatic heterocycles. The lowest BCUT2D eigenvalue weighted by Crippen LogP contribution is -2.41. The highest BCUT2D eigenvalue weighted by Gasteiger charge is 2.26. The molecule has 1 saturated heterocycles. The van der Waals surface area contributed by atoms with E-state index in [9.17, 15) is 9.59 Å². The van der Waals surface area contributed by atoms with Crippen LogP contribution in [0.15, 0.2) is 54.6 Å². The van der Waals surface area contributed by atoms with E-state index in [1.165, 1.54) is 4.90 Å². The zero-order valence-corrected chi connectivity index (χ0v) is 14.1. The lowest BCUT2D eigenvalue weighted by atomic mass is 9.98. The molecule has 0 spiro atoms. The van der Waals surface area contributed by atoms with Gasteiger partial charge in [-0.3, -0.25) is 15.0 Å². The van der Waals surface area contributed by atoms with Crippen molar-refractivity contribution in [1.29, 1.82) is 0 Å². The molecule has 1 aliphatic heterocycles. The fraction of sp³-hybridized carbons (Fsp3) is 0.263. The van der Waals surface area contributed by atoms with Crippen molar-refractivity contribution in [3.63, 3.8) is 0 Å². The number of carbonyl (C=O) groups is 2. The second-order valence-electron chi connectivity index (χ2n) is 5.78. The van der Waals surface area contributed by atoms with Crippen molar-refractivity contribution < 1.29 is 14.3 Å². The minimum absolute atomic E-state index is 0.0824. The quantitative estimate of drug-likeness (QED) is 0.844. The monoisotopic (exact) mass is 339 g/mol. The third kappa shape index (κ3) is 3.97. The highest BCUT2D eigenvalue weighted by atomic mass is 16.5. The van der Waals surface area contributed by atoms with E-state index in [-0.39, 0.29) is 24.5 Å². The van der Waals surface area contributed by atoms with Crippen LogP contribution in [0, 0.1) is 0 Å². The highest BCUT2D eigenvalue weighted by Crippen LogP contribution is 2.24. The van der Waals surface area contributed by atoms with E-state index in [0.29, 0.717) is 13.1 Å². The van der Waals surface area contributed by atoms with Gasteiger partial charge in [-0.25, -0.2) is 4.79 Å². The molecule has 2 N–H and O–H groups in total. The van der Waals surface area contributed by atoms with Crippen LogP contribution >= 0.6 is 0 Å². The van der Waals surface area contributed by atoms with Gasteiger partial charge in [0.05, 0.1) is 19.7 Å². The molecule has 2 aromatic carbocycles. The SMILES string of the molecule is COc1ccc([C@@H](NCC(=O)N2CCNC2=O)c2ccccc2)cc1. The fourth-order valence-electron chi connectivity index (χ4n) is 2.86. The largest absolute Gasteiger partial charge is 0.497 e. The molecule has 0 aliphatic carbocycles. The number of nitrogens with zero attached hydrogens (tertiary/aromatic N) is 1. The molecule has 6 nitrogen and oxygen atoms in total. The molecule has 1 aliphatic rings. The Kier molecular flexibility index (Phi) is 5.30. The molecule has 2 aromatic rings. The van der Waals surface area contributed by atoms with Crippen LogP contribution in [-0.2, 0) is 4.79 Å². The van der Waals surface area contributed by atoms with Crippen LogP contribution in [0.25, 0.3) is 0 Å². The van der Waals surface area contributed by atoms with Gasteiger partial charge in [0.15, 0.2) is 0 Å².